The van der Waals surface area contributed by atoms with E-state index in [2.05, 4.69) is 17.0 Å². The molecule has 0 unspecified atom stereocenters. The first kappa shape index (κ1) is 15.9. The van der Waals surface area contributed by atoms with Gasteiger partial charge in [0, 0.05) is 32.7 Å². The molecule has 18 heavy (non-hydrogen) atoms. The number of hydrogen-bond acceptors (Lipinski definition) is 3. The lowest BCUT2D eigenvalue weighted by Crippen LogP contribution is -2.50. The van der Waals surface area contributed by atoms with E-state index >= 15 is 0 Å². The minimum atomic E-state index is -3.24. The van der Waals surface area contributed by atoms with E-state index in [0.29, 0.717) is 19.6 Å². The Hall–Kier alpha value is -0.170. The predicted octanol–water partition coefficient (Wildman–Crippen LogP) is 1.09. The topological polar surface area (TPSA) is 61.4 Å². The molecule has 6 heteroatoms. The van der Waals surface area contributed by atoms with Crippen molar-refractivity contribution in [2.45, 2.75) is 45.4 Å². The molecule has 2 N–H and O–H groups in total. The SMILES string of the molecule is CCCCCCCCNS(=O)(=O)N1CCNCC1. The highest BCUT2D eigenvalue weighted by molar-refractivity contribution is 7.87. The van der Waals surface area contributed by atoms with Gasteiger partial charge in [0.05, 0.1) is 0 Å². The van der Waals surface area contributed by atoms with Gasteiger partial charge in [0.1, 0.15) is 0 Å². The molecule has 0 aromatic rings. The Labute approximate surface area is 112 Å². The third-order valence-corrected chi connectivity index (χ3v) is 4.84. The molecule has 0 aromatic heterocycles. The summed E-state index contributed by atoms with van der Waals surface area (Å²) >= 11 is 0. The lowest BCUT2D eigenvalue weighted by atomic mass is 10.1. The molecular formula is C12H27N3O2S. The highest BCUT2D eigenvalue weighted by atomic mass is 32.2. The van der Waals surface area contributed by atoms with Crippen LogP contribution in [0, 0.1) is 0 Å². The fourth-order valence-corrected chi connectivity index (χ4v) is 3.33. The Kier molecular flexibility index (Phi) is 7.81. The lowest BCUT2D eigenvalue weighted by Gasteiger charge is -2.26. The van der Waals surface area contributed by atoms with Crippen molar-refractivity contribution in [3.63, 3.8) is 0 Å². The zero-order valence-electron chi connectivity index (χ0n) is 11.5. The fourth-order valence-electron chi connectivity index (χ4n) is 2.08. The maximum absolute atomic E-state index is 11.9. The van der Waals surface area contributed by atoms with E-state index in [1.54, 1.807) is 0 Å². The first-order chi connectivity index (χ1) is 8.67. The minimum Gasteiger partial charge on any atom is -0.314 e. The Morgan fingerprint density at radius 3 is 2.33 bits per heavy atom. The maximum atomic E-state index is 11.9. The highest BCUT2D eigenvalue weighted by Gasteiger charge is 2.22. The monoisotopic (exact) mass is 277 g/mol. The Balaban J connectivity index is 2.09. The Morgan fingerprint density at radius 1 is 1.06 bits per heavy atom. The summed E-state index contributed by atoms with van der Waals surface area (Å²) in [6.07, 6.45) is 7.06. The molecule has 0 radical (unpaired) electrons. The summed E-state index contributed by atoms with van der Waals surface area (Å²) in [5, 5.41) is 3.15. The van der Waals surface area contributed by atoms with Crippen molar-refractivity contribution in [2.24, 2.45) is 0 Å². The molecule has 1 aliphatic heterocycles. The van der Waals surface area contributed by atoms with Crippen LogP contribution in [0.15, 0.2) is 0 Å². The van der Waals surface area contributed by atoms with Crippen molar-refractivity contribution in [1.29, 1.82) is 0 Å². The summed E-state index contributed by atoms with van der Waals surface area (Å²) in [6.45, 7) is 5.41. The van der Waals surface area contributed by atoms with Crippen LogP contribution < -0.4 is 10.0 Å². The molecule has 5 nitrogen and oxygen atoms in total. The quantitative estimate of drug-likeness (QED) is 0.620. The normalized spacial score (nSPS) is 18.1. The second kappa shape index (κ2) is 8.85. The molecule has 108 valence electrons. The Bertz CT molecular complexity index is 300. The van der Waals surface area contributed by atoms with E-state index in [-0.39, 0.29) is 0 Å². The highest BCUT2D eigenvalue weighted by Crippen LogP contribution is 2.05. The van der Waals surface area contributed by atoms with Crippen LogP contribution in [0.1, 0.15) is 45.4 Å². The molecule has 0 spiro atoms. The lowest BCUT2D eigenvalue weighted by molar-refractivity contribution is 0.354. The van der Waals surface area contributed by atoms with Crippen molar-refractivity contribution >= 4 is 10.2 Å². The van der Waals surface area contributed by atoms with Crippen LogP contribution in [0.25, 0.3) is 0 Å². The van der Waals surface area contributed by atoms with E-state index in [9.17, 15) is 8.42 Å². The van der Waals surface area contributed by atoms with Gasteiger partial charge in [-0.05, 0) is 6.42 Å². The van der Waals surface area contributed by atoms with Crippen LogP contribution in [0.2, 0.25) is 0 Å². The summed E-state index contributed by atoms with van der Waals surface area (Å²) in [6, 6.07) is 0. The number of hydrogen-bond donors (Lipinski definition) is 2. The predicted molar refractivity (Wildman–Crippen MR) is 74.7 cm³/mol. The average molecular weight is 277 g/mol. The number of rotatable bonds is 9. The van der Waals surface area contributed by atoms with Gasteiger partial charge in [0.2, 0.25) is 0 Å². The number of nitrogens with one attached hydrogen (secondary N) is 2. The van der Waals surface area contributed by atoms with Crippen LogP contribution >= 0.6 is 0 Å². The van der Waals surface area contributed by atoms with E-state index in [4.69, 9.17) is 0 Å². The first-order valence-electron chi connectivity index (χ1n) is 7.12. The van der Waals surface area contributed by atoms with Gasteiger partial charge >= 0.3 is 0 Å². The standard InChI is InChI=1S/C12H27N3O2S/c1-2-3-4-5-6-7-8-14-18(16,17)15-11-9-13-10-12-15/h13-14H,2-12H2,1H3. The number of nitrogens with zero attached hydrogens (tertiary/aromatic N) is 1. The van der Waals surface area contributed by atoms with Gasteiger partial charge in [-0.3, -0.25) is 0 Å². The molecular weight excluding hydrogens is 250 g/mol. The summed E-state index contributed by atoms with van der Waals surface area (Å²) in [5.74, 6) is 0. The second-order valence-electron chi connectivity index (χ2n) is 4.82. The van der Waals surface area contributed by atoms with Crippen LogP contribution in [0.4, 0.5) is 0 Å². The van der Waals surface area contributed by atoms with Gasteiger partial charge in [-0.2, -0.15) is 12.7 Å². The molecule has 1 rings (SSSR count). The van der Waals surface area contributed by atoms with Crippen molar-refractivity contribution in [3.8, 4) is 0 Å². The number of piperazine rings is 1. The van der Waals surface area contributed by atoms with Gasteiger partial charge in [-0.15, -0.1) is 0 Å². The minimum absolute atomic E-state index is 0.568. The molecule has 0 amide bonds. The van der Waals surface area contributed by atoms with E-state index in [0.717, 1.165) is 25.9 Å². The zero-order chi connectivity index (χ0) is 13.3. The molecule has 0 aliphatic carbocycles. The van der Waals surface area contributed by atoms with Crippen molar-refractivity contribution < 1.29 is 8.42 Å². The van der Waals surface area contributed by atoms with Crippen LogP contribution in [-0.2, 0) is 10.2 Å². The molecule has 0 saturated carbocycles. The largest absolute Gasteiger partial charge is 0.314 e. The third kappa shape index (κ3) is 6.13. The van der Waals surface area contributed by atoms with Crippen molar-refractivity contribution in [3.05, 3.63) is 0 Å². The summed E-state index contributed by atoms with van der Waals surface area (Å²) in [5.41, 5.74) is 0. The molecule has 1 fully saturated rings. The van der Waals surface area contributed by atoms with E-state index in [1.165, 1.54) is 30.0 Å². The number of unbranched alkanes of at least 4 members (excludes halogenated alkanes) is 5. The van der Waals surface area contributed by atoms with Gasteiger partial charge < -0.3 is 5.32 Å². The van der Waals surface area contributed by atoms with Gasteiger partial charge in [0.15, 0.2) is 0 Å². The van der Waals surface area contributed by atoms with Crippen LogP contribution in [0.5, 0.6) is 0 Å². The average Bonchev–Trinajstić information content (AvgIpc) is 2.39. The van der Waals surface area contributed by atoms with Crippen molar-refractivity contribution in [1.82, 2.24) is 14.3 Å². The van der Waals surface area contributed by atoms with Crippen LogP contribution in [-0.4, -0.2) is 45.4 Å². The maximum Gasteiger partial charge on any atom is 0.279 e. The zero-order valence-corrected chi connectivity index (χ0v) is 12.3. The second-order valence-corrected chi connectivity index (χ2v) is 6.57. The van der Waals surface area contributed by atoms with E-state index < -0.39 is 10.2 Å². The van der Waals surface area contributed by atoms with Gasteiger partial charge in [-0.1, -0.05) is 39.0 Å². The summed E-state index contributed by atoms with van der Waals surface area (Å²) in [7, 11) is -3.24. The molecule has 1 heterocycles. The molecule has 1 saturated heterocycles. The van der Waals surface area contributed by atoms with Crippen LogP contribution in [0.3, 0.4) is 0 Å². The summed E-state index contributed by atoms with van der Waals surface area (Å²) in [4.78, 5) is 0. The molecule has 0 aromatic carbocycles. The smallest absolute Gasteiger partial charge is 0.279 e. The fraction of sp³-hybridized carbons (Fsp3) is 1.00. The summed E-state index contributed by atoms with van der Waals surface area (Å²) < 4.78 is 28.0. The van der Waals surface area contributed by atoms with Crippen molar-refractivity contribution in [2.75, 3.05) is 32.7 Å². The third-order valence-electron chi connectivity index (χ3n) is 3.23. The molecule has 0 bridgehead atoms. The first-order valence-corrected chi connectivity index (χ1v) is 8.56. The molecule has 0 atom stereocenters. The molecule has 1 aliphatic rings. The van der Waals surface area contributed by atoms with E-state index in [1.807, 2.05) is 0 Å². The Morgan fingerprint density at radius 2 is 1.67 bits per heavy atom. The van der Waals surface area contributed by atoms with Gasteiger partial charge in [-0.25, -0.2) is 4.72 Å². The van der Waals surface area contributed by atoms with Gasteiger partial charge in [0.25, 0.3) is 10.2 Å².